The topological polar surface area (TPSA) is 41.6 Å². The number of aryl methyl sites for hydroxylation is 1. The van der Waals surface area contributed by atoms with Gasteiger partial charge in [0.05, 0.1) is 0 Å². The second kappa shape index (κ2) is 11.0. The lowest BCUT2D eigenvalue weighted by molar-refractivity contribution is -0.111. The molecule has 0 aliphatic rings. The number of ether oxygens (including phenoxy) is 1. The first-order chi connectivity index (χ1) is 13.8. The fourth-order valence-electron chi connectivity index (χ4n) is 3.14. The zero-order valence-corrected chi connectivity index (χ0v) is 18.7. The zero-order chi connectivity index (χ0) is 21.4. The van der Waals surface area contributed by atoms with Gasteiger partial charge in [0.2, 0.25) is 5.91 Å². The summed E-state index contributed by atoms with van der Waals surface area (Å²) in [6, 6.07) is 14.0. The van der Waals surface area contributed by atoms with E-state index in [0.717, 1.165) is 23.4 Å². The third-order valence-electron chi connectivity index (χ3n) is 4.69. The molecule has 0 heterocycles. The summed E-state index contributed by atoms with van der Waals surface area (Å²) in [5, 5.41) is 3.55. The molecule has 0 radical (unpaired) electrons. The second-order valence-electron chi connectivity index (χ2n) is 7.63. The van der Waals surface area contributed by atoms with Crippen LogP contribution in [0.25, 0.3) is 6.08 Å². The molecule has 2 aromatic carbocycles. The first kappa shape index (κ1) is 23.0. The Kier molecular flexibility index (Phi) is 8.74. The molecule has 0 saturated heterocycles. The van der Waals surface area contributed by atoms with Crippen LogP contribution in [-0.4, -0.2) is 36.0 Å². The van der Waals surface area contributed by atoms with Gasteiger partial charge in [-0.3, -0.25) is 9.69 Å². The van der Waals surface area contributed by atoms with Gasteiger partial charge < -0.3 is 10.1 Å². The molecule has 2 aromatic rings. The summed E-state index contributed by atoms with van der Waals surface area (Å²) in [6.45, 7) is 12.2. The van der Waals surface area contributed by atoms with Gasteiger partial charge in [-0.15, -0.1) is 0 Å². The van der Waals surface area contributed by atoms with Crippen LogP contribution in [0.5, 0.6) is 5.75 Å². The number of hydrogen-bond donors (Lipinski definition) is 1. The normalized spacial score (nSPS) is 11.6. The molecule has 2 rings (SSSR count). The Morgan fingerprint density at radius 3 is 2.38 bits per heavy atom. The van der Waals surface area contributed by atoms with Crippen molar-refractivity contribution in [2.75, 3.05) is 18.5 Å². The van der Waals surface area contributed by atoms with Gasteiger partial charge in [-0.25, -0.2) is 0 Å². The standard InChI is InChI=1S/C24H31ClN2O2/c1-17(2)27(18(3)4)14-15-29-23-16-22(12-6-19(23)5)26-24(28)13-9-20-7-10-21(25)11-8-20/h6-13,16-18H,14-15H2,1-5H3,(H,26,28)/b13-9+. The van der Waals surface area contributed by atoms with Crippen LogP contribution in [0, 0.1) is 6.92 Å². The van der Waals surface area contributed by atoms with Gasteiger partial charge >= 0.3 is 0 Å². The maximum absolute atomic E-state index is 12.2. The van der Waals surface area contributed by atoms with Gasteiger partial charge in [0.25, 0.3) is 0 Å². The van der Waals surface area contributed by atoms with Crippen LogP contribution in [0.3, 0.4) is 0 Å². The maximum Gasteiger partial charge on any atom is 0.248 e. The highest BCUT2D eigenvalue weighted by Crippen LogP contribution is 2.23. The number of rotatable bonds is 9. The predicted molar refractivity (Wildman–Crippen MR) is 123 cm³/mol. The molecule has 5 heteroatoms. The van der Waals surface area contributed by atoms with Crippen molar-refractivity contribution >= 4 is 29.3 Å². The average molecular weight is 415 g/mol. The molecule has 0 saturated carbocycles. The molecular formula is C24H31ClN2O2. The third-order valence-corrected chi connectivity index (χ3v) is 4.94. The minimum atomic E-state index is -0.194. The molecule has 4 nitrogen and oxygen atoms in total. The van der Waals surface area contributed by atoms with Crippen LogP contribution >= 0.6 is 11.6 Å². The molecular weight excluding hydrogens is 384 g/mol. The minimum absolute atomic E-state index is 0.194. The molecule has 1 N–H and O–H groups in total. The molecule has 0 aromatic heterocycles. The number of nitrogens with zero attached hydrogens (tertiary/aromatic N) is 1. The van der Waals surface area contributed by atoms with E-state index in [9.17, 15) is 4.79 Å². The van der Waals surface area contributed by atoms with Crippen LogP contribution in [-0.2, 0) is 4.79 Å². The fourth-order valence-corrected chi connectivity index (χ4v) is 3.26. The van der Waals surface area contributed by atoms with Crippen LogP contribution in [0.15, 0.2) is 48.5 Å². The van der Waals surface area contributed by atoms with Crippen molar-refractivity contribution in [2.45, 2.75) is 46.7 Å². The first-order valence-electron chi connectivity index (χ1n) is 10.00. The lowest BCUT2D eigenvalue weighted by Gasteiger charge is -2.30. The van der Waals surface area contributed by atoms with E-state index in [4.69, 9.17) is 16.3 Å². The SMILES string of the molecule is Cc1ccc(NC(=O)/C=C/c2ccc(Cl)cc2)cc1OCCN(C(C)C)C(C)C. The Morgan fingerprint density at radius 2 is 1.76 bits per heavy atom. The minimum Gasteiger partial charge on any atom is -0.492 e. The smallest absolute Gasteiger partial charge is 0.248 e. The Hall–Kier alpha value is -2.30. The van der Waals surface area contributed by atoms with Crippen molar-refractivity contribution in [3.05, 3.63) is 64.7 Å². The number of carbonyl (C=O) groups excluding carboxylic acids is 1. The van der Waals surface area contributed by atoms with E-state index in [-0.39, 0.29) is 5.91 Å². The monoisotopic (exact) mass is 414 g/mol. The molecule has 29 heavy (non-hydrogen) atoms. The molecule has 0 fully saturated rings. The van der Waals surface area contributed by atoms with E-state index in [1.807, 2.05) is 37.3 Å². The number of benzene rings is 2. The summed E-state index contributed by atoms with van der Waals surface area (Å²) in [5.41, 5.74) is 2.67. The Morgan fingerprint density at radius 1 is 1.10 bits per heavy atom. The third kappa shape index (κ3) is 7.56. The molecule has 0 aliphatic carbocycles. The summed E-state index contributed by atoms with van der Waals surface area (Å²) in [4.78, 5) is 14.6. The van der Waals surface area contributed by atoms with Crippen LogP contribution in [0.4, 0.5) is 5.69 Å². The Balaban J connectivity index is 1.95. The summed E-state index contributed by atoms with van der Waals surface area (Å²) in [5.74, 6) is 0.595. The van der Waals surface area contributed by atoms with E-state index >= 15 is 0 Å². The lowest BCUT2D eigenvalue weighted by Crippen LogP contribution is -2.39. The van der Waals surface area contributed by atoms with E-state index in [2.05, 4.69) is 37.9 Å². The number of carbonyl (C=O) groups is 1. The predicted octanol–water partition coefficient (Wildman–Crippen LogP) is 5.80. The summed E-state index contributed by atoms with van der Waals surface area (Å²) < 4.78 is 6.01. The number of hydrogen-bond acceptors (Lipinski definition) is 3. The van der Waals surface area contributed by atoms with Crippen molar-refractivity contribution in [3.63, 3.8) is 0 Å². The number of amides is 1. The summed E-state index contributed by atoms with van der Waals surface area (Å²) in [6.07, 6.45) is 3.26. The largest absolute Gasteiger partial charge is 0.492 e. The van der Waals surface area contributed by atoms with Crippen molar-refractivity contribution in [2.24, 2.45) is 0 Å². The molecule has 0 spiro atoms. The van der Waals surface area contributed by atoms with Crippen molar-refractivity contribution in [1.82, 2.24) is 4.90 Å². The molecule has 156 valence electrons. The lowest BCUT2D eigenvalue weighted by atomic mass is 10.2. The van der Waals surface area contributed by atoms with Gasteiger partial charge in [0.15, 0.2) is 0 Å². The van der Waals surface area contributed by atoms with E-state index in [1.54, 1.807) is 18.2 Å². The number of halogens is 1. The highest BCUT2D eigenvalue weighted by atomic mass is 35.5. The molecule has 0 atom stereocenters. The average Bonchev–Trinajstić information content (AvgIpc) is 2.66. The fraction of sp³-hybridized carbons (Fsp3) is 0.375. The van der Waals surface area contributed by atoms with Gasteiger partial charge in [-0.2, -0.15) is 0 Å². The quantitative estimate of drug-likeness (QED) is 0.527. The summed E-state index contributed by atoms with van der Waals surface area (Å²) in [7, 11) is 0. The molecule has 0 unspecified atom stereocenters. The van der Waals surface area contributed by atoms with Gasteiger partial charge in [0, 0.05) is 41.5 Å². The molecule has 0 bridgehead atoms. The van der Waals surface area contributed by atoms with Crippen LogP contribution in [0.1, 0.15) is 38.8 Å². The van der Waals surface area contributed by atoms with Crippen molar-refractivity contribution in [1.29, 1.82) is 0 Å². The van der Waals surface area contributed by atoms with Crippen molar-refractivity contribution in [3.8, 4) is 5.75 Å². The highest BCUT2D eigenvalue weighted by molar-refractivity contribution is 6.30. The Bertz CT molecular complexity index is 821. The van der Waals surface area contributed by atoms with Crippen LogP contribution < -0.4 is 10.1 Å². The van der Waals surface area contributed by atoms with Gasteiger partial charge in [-0.1, -0.05) is 29.8 Å². The van der Waals surface area contributed by atoms with Crippen LogP contribution in [0.2, 0.25) is 5.02 Å². The highest BCUT2D eigenvalue weighted by Gasteiger charge is 2.13. The van der Waals surface area contributed by atoms with E-state index in [1.165, 1.54) is 6.08 Å². The van der Waals surface area contributed by atoms with E-state index < -0.39 is 0 Å². The molecule has 1 amide bonds. The molecule has 0 aliphatic heterocycles. The van der Waals surface area contributed by atoms with Crippen molar-refractivity contribution < 1.29 is 9.53 Å². The first-order valence-corrected chi connectivity index (χ1v) is 10.4. The maximum atomic E-state index is 12.2. The number of nitrogens with one attached hydrogen (secondary N) is 1. The second-order valence-corrected chi connectivity index (χ2v) is 8.06. The zero-order valence-electron chi connectivity index (χ0n) is 17.9. The summed E-state index contributed by atoms with van der Waals surface area (Å²) >= 11 is 5.88. The van der Waals surface area contributed by atoms with Gasteiger partial charge in [0.1, 0.15) is 12.4 Å². The Labute approximate surface area is 179 Å². The van der Waals surface area contributed by atoms with E-state index in [0.29, 0.717) is 29.4 Å². The van der Waals surface area contributed by atoms with Gasteiger partial charge in [-0.05, 0) is 70.0 Å². The number of anilines is 1.